The average molecular weight is 339 g/mol. The lowest BCUT2D eigenvalue weighted by Crippen LogP contribution is -2.30. The van der Waals surface area contributed by atoms with E-state index < -0.39 is 0 Å². The Labute approximate surface area is 136 Å². The van der Waals surface area contributed by atoms with E-state index in [9.17, 15) is 4.79 Å². The van der Waals surface area contributed by atoms with E-state index in [-0.39, 0.29) is 11.9 Å². The van der Waals surface area contributed by atoms with Crippen molar-refractivity contribution in [3.63, 3.8) is 0 Å². The number of thioether (sulfide) groups is 1. The molecule has 0 aliphatic heterocycles. The first-order valence-corrected chi connectivity index (χ1v) is 7.61. The molecule has 2 amide bonds. The molecule has 0 bridgehead atoms. The van der Waals surface area contributed by atoms with Crippen LogP contribution in [0.25, 0.3) is 0 Å². The minimum atomic E-state index is -0.355. The van der Waals surface area contributed by atoms with Crippen molar-refractivity contribution in [2.45, 2.75) is 5.16 Å². The Morgan fingerprint density at radius 2 is 2.17 bits per heavy atom. The van der Waals surface area contributed by atoms with Gasteiger partial charge in [-0.25, -0.2) is 9.48 Å². The fraction of sp³-hybridized carbons (Fsp3) is 0.417. The Morgan fingerprint density at radius 3 is 2.83 bits per heavy atom. The molecule has 2 aromatic rings. The molecule has 2 heterocycles. The first kappa shape index (κ1) is 16.8. The van der Waals surface area contributed by atoms with Crippen molar-refractivity contribution in [1.82, 2.24) is 30.5 Å². The van der Waals surface area contributed by atoms with Gasteiger partial charge in [0.05, 0.1) is 14.2 Å². The molecule has 0 aromatic carbocycles. The number of hydrogen-bond acceptors (Lipinski definition) is 8. The van der Waals surface area contributed by atoms with E-state index in [4.69, 9.17) is 9.47 Å². The van der Waals surface area contributed by atoms with Crippen molar-refractivity contribution in [3.8, 4) is 11.8 Å². The molecular weight excluding hydrogens is 322 g/mol. The molecule has 2 N–H and O–H groups in total. The van der Waals surface area contributed by atoms with E-state index in [1.165, 1.54) is 26.0 Å². The fourth-order valence-electron chi connectivity index (χ4n) is 1.60. The molecule has 0 aliphatic rings. The van der Waals surface area contributed by atoms with Crippen molar-refractivity contribution < 1.29 is 14.3 Å². The van der Waals surface area contributed by atoms with Crippen molar-refractivity contribution >= 4 is 23.5 Å². The minimum absolute atomic E-state index is 0.277. The normalized spacial score (nSPS) is 10.2. The summed E-state index contributed by atoms with van der Waals surface area (Å²) in [6.07, 6.45) is 0. The highest BCUT2D eigenvalue weighted by molar-refractivity contribution is 7.99. The highest BCUT2D eigenvalue weighted by atomic mass is 32.2. The highest BCUT2D eigenvalue weighted by Crippen LogP contribution is 2.24. The molecule has 2 aromatic heterocycles. The Kier molecular flexibility index (Phi) is 5.97. The van der Waals surface area contributed by atoms with Crippen LogP contribution in [-0.4, -0.2) is 57.7 Å². The van der Waals surface area contributed by atoms with Gasteiger partial charge in [0.15, 0.2) is 0 Å². The topological polar surface area (TPSA) is 116 Å². The lowest BCUT2D eigenvalue weighted by atomic mass is 10.4. The van der Waals surface area contributed by atoms with E-state index in [1.807, 2.05) is 0 Å². The molecule has 0 spiro atoms. The third-order valence-electron chi connectivity index (χ3n) is 2.69. The summed E-state index contributed by atoms with van der Waals surface area (Å²) in [5, 5.41) is 17.2. The predicted molar refractivity (Wildman–Crippen MR) is 83.9 cm³/mol. The first-order valence-electron chi connectivity index (χ1n) is 6.63. The number of methoxy groups -OCH3 is 2. The lowest BCUT2D eigenvalue weighted by molar-refractivity contribution is 0.252. The van der Waals surface area contributed by atoms with Crippen LogP contribution in [0.4, 0.5) is 10.5 Å². The molecule has 124 valence electrons. The van der Waals surface area contributed by atoms with Gasteiger partial charge in [-0.3, -0.25) is 0 Å². The van der Waals surface area contributed by atoms with Crippen molar-refractivity contribution in [2.24, 2.45) is 7.05 Å². The maximum atomic E-state index is 11.9. The molecule has 0 saturated carbocycles. The molecule has 0 unspecified atom stereocenters. The second kappa shape index (κ2) is 8.17. The zero-order chi connectivity index (χ0) is 16.7. The summed E-state index contributed by atoms with van der Waals surface area (Å²) in [5.74, 6) is 1.32. The number of rotatable bonds is 7. The van der Waals surface area contributed by atoms with Gasteiger partial charge in [0.2, 0.25) is 16.9 Å². The number of nitrogens with one attached hydrogen (secondary N) is 2. The quantitative estimate of drug-likeness (QED) is 0.554. The third kappa shape index (κ3) is 4.71. The summed E-state index contributed by atoms with van der Waals surface area (Å²) < 4.78 is 11.7. The van der Waals surface area contributed by atoms with E-state index >= 15 is 0 Å². The van der Waals surface area contributed by atoms with Crippen molar-refractivity contribution in [2.75, 3.05) is 31.8 Å². The summed E-state index contributed by atoms with van der Waals surface area (Å²) in [5.41, 5.74) is 0.455. The number of pyridine rings is 1. The zero-order valence-corrected chi connectivity index (χ0v) is 13.8. The number of aromatic nitrogens is 5. The second-order valence-electron chi connectivity index (χ2n) is 4.22. The maximum Gasteiger partial charge on any atom is 0.319 e. The molecule has 0 atom stereocenters. The molecule has 0 saturated heterocycles. The Hall–Kier alpha value is -2.56. The van der Waals surface area contributed by atoms with Gasteiger partial charge in [-0.2, -0.15) is 4.98 Å². The number of anilines is 1. The van der Waals surface area contributed by atoms with Crippen LogP contribution in [0, 0.1) is 0 Å². The Balaban J connectivity index is 1.79. The molecule has 0 aliphatic carbocycles. The molecule has 10 nitrogen and oxygen atoms in total. The van der Waals surface area contributed by atoms with E-state index in [1.54, 1.807) is 23.9 Å². The standard InChI is InChI=1S/C12H17N7O3S/c1-19-12(16-17-18-19)23-7-6-13-11(20)14-8-4-5-9(21-2)15-10(8)22-3/h4-5H,6-7H2,1-3H3,(H2,13,14,20). The van der Waals surface area contributed by atoms with Crippen molar-refractivity contribution in [1.29, 1.82) is 0 Å². The third-order valence-corrected chi connectivity index (χ3v) is 3.70. The second-order valence-corrected chi connectivity index (χ2v) is 5.29. The van der Waals surface area contributed by atoms with Crippen LogP contribution in [0.15, 0.2) is 17.3 Å². The minimum Gasteiger partial charge on any atom is -0.481 e. The summed E-state index contributed by atoms with van der Waals surface area (Å²) in [6.45, 7) is 0.454. The van der Waals surface area contributed by atoms with Gasteiger partial charge in [0, 0.05) is 25.4 Å². The van der Waals surface area contributed by atoms with Crippen LogP contribution >= 0.6 is 11.8 Å². The lowest BCUT2D eigenvalue weighted by Gasteiger charge is -2.11. The van der Waals surface area contributed by atoms with E-state index in [0.29, 0.717) is 29.0 Å². The SMILES string of the molecule is COc1ccc(NC(=O)NCCSc2nnnn2C)c(OC)n1. The Morgan fingerprint density at radius 1 is 1.35 bits per heavy atom. The number of aryl methyl sites for hydroxylation is 1. The van der Waals surface area contributed by atoms with Gasteiger partial charge in [-0.15, -0.1) is 5.10 Å². The van der Waals surface area contributed by atoms with Crippen LogP contribution in [-0.2, 0) is 7.05 Å². The molecule has 0 fully saturated rings. The number of urea groups is 1. The maximum absolute atomic E-state index is 11.9. The van der Waals surface area contributed by atoms with Gasteiger partial charge in [-0.1, -0.05) is 11.8 Å². The number of ether oxygens (including phenoxy) is 2. The molecule has 0 radical (unpaired) electrons. The van der Waals surface area contributed by atoms with E-state index in [2.05, 4.69) is 31.1 Å². The predicted octanol–water partition coefficient (Wildman–Crippen LogP) is 0.536. The average Bonchev–Trinajstić information content (AvgIpc) is 2.97. The monoisotopic (exact) mass is 339 g/mol. The zero-order valence-electron chi connectivity index (χ0n) is 12.9. The summed E-state index contributed by atoms with van der Waals surface area (Å²) in [7, 11) is 4.73. The molecule has 11 heteroatoms. The smallest absolute Gasteiger partial charge is 0.319 e. The van der Waals surface area contributed by atoms with Gasteiger partial charge in [-0.05, 0) is 16.5 Å². The van der Waals surface area contributed by atoms with Crippen LogP contribution in [0.2, 0.25) is 0 Å². The van der Waals surface area contributed by atoms with Gasteiger partial charge >= 0.3 is 6.03 Å². The summed E-state index contributed by atoms with van der Waals surface area (Å²) in [6, 6.07) is 2.94. The number of tetrazole rings is 1. The summed E-state index contributed by atoms with van der Waals surface area (Å²) in [4.78, 5) is 16.0. The van der Waals surface area contributed by atoms with Crippen LogP contribution in [0.5, 0.6) is 11.8 Å². The first-order chi connectivity index (χ1) is 11.1. The van der Waals surface area contributed by atoms with E-state index in [0.717, 1.165) is 0 Å². The van der Waals surface area contributed by atoms with Gasteiger partial charge in [0.25, 0.3) is 0 Å². The fourth-order valence-corrected chi connectivity index (χ4v) is 2.31. The number of hydrogen-bond donors (Lipinski definition) is 2. The highest BCUT2D eigenvalue weighted by Gasteiger charge is 2.10. The molecule has 2 rings (SSSR count). The molecule has 23 heavy (non-hydrogen) atoms. The number of amides is 2. The van der Waals surface area contributed by atoms with Crippen LogP contribution < -0.4 is 20.1 Å². The largest absolute Gasteiger partial charge is 0.481 e. The number of carbonyl (C=O) groups excluding carboxylic acids is 1. The Bertz CT molecular complexity index is 664. The number of carbonyl (C=O) groups is 1. The van der Waals surface area contributed by atoms with Crippen LogP contribution in [0.1, 0.15) is 0 Å². The summed E-state index contributed by atoms with van der Waals surface area (Å²) >= 11 is 1.45. The van der Waals surface area contributed by atoms with Crippen LogP contribution in [0.3, 0.4) is 0 Å². The number of nitrogens with zero attached hydrogens (tertiary/aromatic N) is 5. The van der Waals surface area contributed by atoms with Gasteiger partial charge < -0.3 is 20.1 Å². The van der Waals surface area contributed by atoms with Gasteiger partial charge in [0.1, 0.15) is 5.69 Å². The van der Waals surface area contributed by atoms with Crippen molar-refractivity contribution in [3.05, 3.63) is 12.1 Å². The molecular formula is C12H17N7O3S.